The van der Waals surface area contributed by atoms with Gasteiger partial charge in [0.2, 0.25) is 0 Å². The number of hydrogen-bond donors (Lipinski definition) is 2. The lowest BCUT2D eigenvalue weighted by Gasteiger charge is -2.26. The van der Waals surface area contributed by atoms with E-state index in [1.165, 1.54) is 31.4 Å². The molecule has 0 bridgehead atoms. The Bertz CT molecular complexity index is 1660. The summed E-state index contributed by atoms with van der Waals surface area (Å²) in [6.45, 7) is 1.90. The molecule has 0 spiro atoms. The van der Waals surface area contributed by atoms with Crippen molar-refractivity contribution in [3.05, 3.63) is 125 Å². The summed E-state index contributed by atoms with van der Waals surface area (Å²) in [7, 11) is 1.52. The van der Waals surface area contributed by atoms with E-state index in [0.717, 1.165) is 5.56 Å². The van der Waals surface area contributed by atoms with Gasteiger partial charge in [-0.3, -0.25) is 14.4 Å². The second-order valence-corrected chi connectivity index (χ2v) is 10.3. The van der Waals surface area contributed by atoms with Crippen LogP contribution in [0.2, 0.25) is 0 Å². The standard InChI is InChI=1S/C34H32F2N4O4/c1-44-27-7-4-6-24(20-27)32(41)38-26-14-15-31(29(21-26)33(42)37-22-23-10-12-25(35)13-11-23)39-16-5-17-40(19-18-39)34(43)28-8-2-3-9-30(28)36/h2-4,6-15,20-21H,5,16-19,22H2,1H3,(H,37,42)(H,38,41). The molecule has 1 heterocycles. The molecule has 2 N–H and O–H groups in total. The average Bonchev–Trinajstić information content (AvgIpc) is 3.31. The Morgan fingerprint density at radius 1 is 0.795 bits per heavy atom. The van der Waals surface area contributed by atoms with Crippen molar-refractivity contribution in [3.8, 4) is 5.75 Å². The molecular formula is C34H32F2N4O4. The fourth-order valence-corrected chi connectivity index (χ4v) is 5.09. The maximum absolute atomic E-state index is 14.3. The minimum Gasteiger partial charge on any atom is -0.497 e. The van der Waals surface area contributed by atoms with Gasteiger partial charge in [-0.15, -0.1) is 0 Å². The zero-order valence-corrected chi connectivity index (χ0v) is 24.2. The van der Waals surface area contributed by atoms with Gasteiger partial charge in [-0.1, -0.05) is 30.3 Å². The number of carbonyl (C=O) groups is 3. The Morgan fingerprint density at radius 2 is 1.59 bits per heavy atom. The van der Waals surface area contributed by atoms with Gasteiger partial charge in [-0.05, 0) is 72.6 Å². The zero-order chi connectivity index (χ0) is 31.1. The first-order valence-corrected chi connectivity index (χ1v) is 14.2. The van der Waals surface area contributed by atoms with Gasteiger partial charge in [0.05, 0.1) is 18.2 Å². The van der Waals surface area contributed by atoms with Crippen LogP contribution in [0.25, 0.3) is 0 Å². The van der Waals surface area contributed by atoms with Crippen molar-refractivity contribution in [2.45, 2.75) is 13.0 Å². The quantitative estimate of drug-likeness (QED) is 0.279. The second kappa shape index (κ2) is 13.8. The minimum atomic E-state index is -0.565. The third-order valence-corrected chi connectivity index (χ3v) is 7.43. The van der Waals surface area contributed by atoms with Crippen LogP contribution in [0.4, 0.5) is 20.2 Å². The molecule has 0 aliphatic carbocycles. The number of nitrogens with one attached hydrogen (secondary N) is 2. The third-order valence-electron chi connectivity index (χ3n) is 7.43. The average molecular weight is 599 g/mol. The number of nitrogens with zero attached hydrogens (tertiary/aromatic N) is 2. The summed E-state index contributed by atoms with van der Waals surface area (Å²) < 4.78 is 32.9. The number of carbonyl (C=O) groups excluding carboxylic acids is 3. The number of ether oxygens (including phenoxy) is 1. The predicted molar refractivity (Wildman–Crippen MR) is 164 cm³/mol. The number of anilines is 2. The van der Waals surface area contributed by atoms with E-state index in [0.29, 0.717) is 60.9 Å². The van der Waals surface area contributed by atoms with Crippen molar-refractivity contribution in [1.82, 2.24) is 10.2 Å². The van der Waals surface area contributed by atoms with Crippen LogP contribution in [0.3, 0.4) is 0 Å². The summed E-state index contributed by atoms with van der Waals surface area (Å²) in [5, 5.41) is 5.74. The summed E-state index contributed by atoms with van der Waals surface area (Å²) in [5.41, 5.74) is 2.51. The van der Waals surface area contributed by atoms with Crippen LogP contribution in [-0.2, 0) is 6.54 Å². The van der Waals surface area contributed by atoms with Crippen LogP contribution in [0.15, 0.2) is 91.0 Å². The van der Waals surface area contributed by atoms with Crippen molar-refractivity contribution in [3.63, 3.8) is 0 Å². The van der Waals surface area contributed by atoms with Crippen LogP contribution in [0.1, 0.15) is 43.1 Å². The van der Waals surface area contributed by atoms with Crippen molar-refractivity contribution < 1.29 is 27.9 Å². The van der Waals surface area contributed by atoms with Gasteiger partial charge in [-0.25, -0.2) is 8.78 Å². The molecule has 44 heavy (non-hydrogen) atoms. The molecule has 3 amide bonds. The molecule has 0 saturated carbocycles. The monoisotopic (exact) mass is 598 g/mol. The van der Waals surface area contributed by atoms with E-state index in [4.69, 9.17) is 4.74 Å². The van der Waals surface area contributed by atoms with E-state index < -0.39 is 5.82 Å². The van der Waals surface area contributed by atoms with Gasteiger partial charge >= 0.3 is 0 Å². The van der Waals surface area contributed by atoms with Gasteiger partial charge in [-0.2, -0.15) is 0 Å². The molecule has 226 valence electrons. The SMILES string of the molecule is COc1cccc(C(=O)Nc2ccc(N3CCCN(C(=O)c4ccccc4F)CC3)c(C(=O)NCc3ccc(F)cc3)c2)c1. The van der Waals surface area contributed by atoms with E-state index in [9.17, 15) is 23.2 Å². The molecule has 1 saturated heterocycles. The summed E-state index contributed by atoms with van der Waals surface area (Å²) in [6, 6.07) is 23.6. The van der Waals surface area contributed by atoms with E-state index >= 15 is 0 Å². The molecule has 0 radical (unpaired) electrons. The first-order chi connectivity index (χ1) is 21.3. The minimum absolute atomic E-state index is 0.0259. The molecule has 0 aromatic heterocycles. The highest BCUT2D eigenvalue weighted by molar-refractivity contribution is 6.06. The summed E-state index contributed by atoms with van der Waals surface area (Å²) in [6.07, 6.45) is 0.602. The molecular weight excluding hydrogens is 566 g/mol. The fraction of sp³-hybridized carbons (Fsp3) is 0.206. The topological polar surface area (TPSA) is 91.0 Å². The molecule has 1 fully saturated rings. The van der Waals surface area contributed by atoms with Crippen molar-refractivity contribution >= 4 is 29.1 Å². The van der Waals surface area contributed by atoms with Crippen molar-refractivity contribution in [1.29, 1.82) is 0 Å². The summed E-state index contributed by atoms with van der Waals surface area (Å²) in [4.78, 5) is 43.3. The molecule has 1 aliphatic heterocycles. The van der Waals surface area contributed by atoms with Crippen molar-refractivity contribution in [2.75, 3.05) is 43.5 Å². The number of halogens is 2. The first kappa shape index (κ1) is 30.2. The number of hydrogen-bond acceptors (Lipinski definition) is 5. The smallest absolute Gasteiger partial charge is 0.256 e. The maximum Gasteiger partial charge on any atom is 0.256 e. The van der Waals surface area contributed by atoms with Crippen LogP contribution in [0.5, 0.6) is 5.75 Å². The van der Waals surface area contributed by atoms with E-state index in [-0.39, 0.29) is 35.6 Å². The molecule has 8 nitrogen and oxygen atoms in total. The van der Waals surface area contributed by atoms with E-state index in [2.05, 4.69) is 10.6 Å². The Balaban J connectivity index is 1.38. The second-order valence-electron chi connectivity index (χ2n) is 10.3. The predicted octanol–water partition coefficient (Wildman–Crippen LogP) is 5.51. The molecule has 10 heteroatoms. The van der Waals surface area contributed by atoms with Gasteiger partial charge < -0.3 is 25.2 Å². The molecule has 4 aromatic carbocycles. The number of rotatable bonds is 8. The number of methoxy groups -OCH3 is 1. The Labute approximate surface area is 254 Å². The third kappa shape index (κ3) is 7.20. The largest absolute Gasteiger partial charge is 0.497 e. The Hall–Kier alpha value is -5.25. The Kier molecular flexibility index (Phi) is 9.49. The molecule has 4 aromatic rings. The van der Waals surface area contributed by atoms with Crippen LogP contribution in [-0.4, -0.2) is 55.9 Å². The number of amides is 3. The van der Waals surface area contributed by atoms with E-state index in [1.807, 2.05) is 4.90 Å². The van der Waals surface area contributed by atoms with Crippen LogP contribution in [0, 0.1) is 11.6 Å². The Morgan fingerprint density at radius 3 is 2.36 bits per heavy atom. The summed E-state index contributed by atoms with van der Waals surface area (Å²) in [5.74, 6) is -1.53. The van der Waals surface area contributed by atoms with Gasteiger partial charge in [0.25, 0.3) is 17.7 Å². The van der Waals surface area contributed by atoms with Gasteiger partial charge in [0, 0.05) is 49.7 Å². The summed E-state index contributed by atoms with van der Waals surface area (Å²) >= 11 is 0. The van der Waals surface area contributed by atoms with Crippen molar-refractivity contribution in [2.24, 2.45) is 0 Å². The number of benzene rings is 4. The van der Waals surface area contributed by atoms with Gasteiger partial charge in [0.1, 0.15) is 17.4 Å². The van der Waals surface area contributed by atoms with E-state index in [1.54, 1.807) is 71.6 Å². The lowest BCUT2D eigenvalue weighted by molar-refractivity contribution is 0.0761. The highest BCUT2D eigenvalue weighted by Crippen LogP contribution is 2.27. The highest BCUT2D eigenvalue weighted by atomic mass is 19.1. The van der Waals surface area contributed by atoms with Crippen LogP contribution < -0.4 is 20.3 Å². The lowest BCUT2D eigenvalue weighted by Crippen LogP contribution is -2.36. The first-order valence-electron chi connectivity index (χ1n) is 14.2. The fourth-order valence-electron chi connectivity index (χ4n) is 5.09. The highest BCUT2D eigenvalue weighted by Gasteiger charge is 2.25. The molecule has 1 aliphatic rings. The molecule has 0 atom stereocenters. The van der Waals surface area contributed by atoms with Gasteiger partial charge in [0.15, 0.2) is 0 Å². The normalized spacial score (nSPS) is 13.2. The zero-order valence-electron chi connectivity index (χ0n) is 24.2. The lowest BCUT2D eigenvalue weighted by atomic mass is 10.1. The maximum atomic E-state index is 14.3. The van der Waals surface area contributed by atoms with Crippen LogP contribution >= 0.6 is 0 Å². The molecule has 0 unspecified atom stereocenters. The molecule has 5 rings (SSSR count).